The van der Waals surface area contributed by atoms with Crippen LogP contribution in [0.25, 0.3) is 4.91 Å². The van der Waals surface area contributed by atoms with Crippen LogP contribution in [0.5, 0.6) is 0 Å². The lowest BCUT2D eigenvalue weighted by Crippen LogP contribution is -1.92. The van der Waals surface area contributed by atoms with E-state index in [9.17, 15) is 0 Å². The molecule has 2 heterocycles. The molecule has 1 unspecified atom stereocenters. The highest BCUT2D eigenvalue weighted by atomic mass is 32.2. The minimum absolute atomic E-state index is 0.713. The Balaban J connectivity index is 2.09. The van der Waals surface area contributed by atoms with Gasteiger partial charge in [-0.25, -0.2) is 5.10 Å². The fraction of sp³-hybridized carbons (Fsp3) is 0.571. The van der Waals surface area contributed by atoms with Crippen LogP contribution in [0.4, 0.5) is 0 Å². The van der Waals surface area contributed by atoms with Gasteiger partial charge in [0.05, 0.1) is 0 Å². The Morgan fingerprint density at radius 3 is 3.25 bits per heavy atom. The van der Waals surface area contributed by atoms with Crippen LogP contribution in [0, 0.1) is 0 Å². The van der Waals surface area contributed by atoms with Crippen molar-refractivity contribution in [1.29, 1.82) is 0 Å². The Morgan fingerprint density at radius 2 is 2.67 bits per heavy atom. The van der Waals surface area contributed by atoms with Crippen molar-refractivity contribution in [2.45, 2.75) is 25.0 Å². The van der Waals surface area contributed by atoms with Gasteiger partial charge in [-0.15, -0.1) is 16.9 Å². The molecule has 0 saturated carbocycles. The van der Waals surface area contributed by atoms with E-state index in [-0.39, 0.29) is 0 Å². The van der Waals surface area contributed by atoms with E-state index in [0.717, 1.165) is 12.2 Å². The summed E-state index contributed by atoms with van der Waals surface area (Å²) in [4.78, 5) is 1.19. The van der Waals surface area contributed by atoms with E-state index < -0.39 is 0 Å². The van der Waals surface area contributed by atoms with E-state index >= 15 is 0 Å². The molecule has 64 valence electrons. The van der Waals surface area contributed by atoms with Gasteiger partial charge in [0.25, 0.3) is 0 Å². The molecule has 4 nitrogen and oxygen atoms in total. The van der Waals surface area contributed by atoms with Crippen LogP contribution in [0.2, 0.25) is 0 Å². The maximum absolute atomic E-state index is 3.86. The van der Waals surface area contributed by atoms with Gasteiger partial charge in [-0.3, -0.25) is 0 Å². The normalized spacial score (nSPS) is 22.8. The highest BCUT2D eigenvalue weighted by Gasteiger charge is 2.18. The first-order chi connectivity index (χ1) is 5.90. The minimum atomic E-state index is 0.713. The van der Waals surface area contributed by atoms with Gasteiger partial charge in [0.15, 0.2) is 5.82 Å². The van der Waals surface area contributed by atoms with Gasteiger partial charge in [0.1, 0.15) is 0 Å². The predicted octanol–water partition coefficient (Wildman–Crippen LogP) is 1.46. The average Bonchev–Trinajstić information content (AvgIpc) is 2.75. The first-order valence-corrected chi connectivity index (χ1v) is 4.89. The van der Waals surface area contributed by atoms with Gasteiger partial charge in [0.2, 0.25) is 0 Å². The van der Waals surface area contributed by atoms with Gasteiger partial charge in [0, 0.05) is 10.2 Å². The van der Waals surface area contributed by atoms with Crippen molar-refractivity contribution >= 4 is 16.7 Å². The number of tetrazole rings is 1. The summed E-state index contributed by atoms with van der Waals surface area (Å²) < 4.78 is 0. The molecule has 1 N–H and O–H groups in total. The molecule has 1 aliphatic heterocycles. The van der Waals surface area contributed by atoms with Gasteiger partial charge >= 0.3 is 0 Å². The molecule has 0 aromatic carbocycles. The fourth-order valence-corrected chi connectivity index (χ4v) is 2.29. The van der Waals surface area contributed by atoms with Crippen molar-refractivity contribution in [3.8, 4) is 0 Å². The van der Waals surface area contributed by atoms with Crippen LogP contribution in [0.1, 0.15) is 25.6 Å². The number of hydrogen-bond acceptors (Lipinski definition) is 4. The molecule has 0 spiro atoms. The summed E-state index contributed by atoms with van der Waals surface area (Å²) in [5.41, 5.74) is 0. The zero-order valence-electron chi connectivity index (χ0n) is 6.82. The Kier molecular flexibility index (Phi) is 2.12. The van der Waals surface area contributed by atoms with Crippen molar-refractivity contribution in [2.75, 3.05) is 0 Å². The molecule has 0 aliphatic carbocycles. The maximum atomic E-state index is 3.86. The molecular formula is C7H10N4S. The van der Waals surface area contributed by atoms with Gasteiger partial charge in [-0.05, 0) is 23.3 Å². The molecular weight excluding hydrogens is 172 g/mol. The quantitative estimate of drug-likeness (QED) is 0.752. The standard InChI is InChI=1S/C7H10N4S/c1-2-5-3-4-6(12-5)7-8-10-11-9-7/h4-5H,2-3H2,1H3,(H,8,9,10,11). The number of nitrogens with zero attached hydrogens (tertiary/aromatic N) is 3. The number of H-pyrrole nitrogens is 1. The smallest absolute Gasteiger partial charge is 0.185 e. The summed E-state index contributed by atoms with van der Waals surface area (Å²) in [6.07, 6.45) is 4.53. The van der Waals surface area contributed by atoms with Crippen molar-refractivity contribution in [3.05, 3.63) is 11.9 Å². The fourth-order valence-electron chi connectivity index (χ4n) is 1.18. The topological polar surface area (TPSA) is 54.5 Å². The Labute approximate surface area is 74.8 Å². The van der Waals surface area contributed by atoms with E-state index in [2.05, 4.69) is 33.6 Å². The van der Waals surface area contributed by atoms with Gasteiger partial charge in [-0.2, -0.15) is 0 Å². The maximum Gasteiger partial charge on any atom is 0.185 e. The van der Waals surface area contributed by atoms with Crippen LogP contribution in [0.15, 0.2) is 6.08 Å². The summed E-state index contributed by atoms with van der Waals surface area (Å²) in [6, 6.07) is 0. The lowest BCUT2D eigenvalue weighted by Gasteiger charge is -2.02. The van der Waals surface area contributed by atoms with E-state index in [1.165, 1.54) is 11.3 Å². The summed E-state index contributed by atoms with van der Waals surface area (Å²) in [5, 5.41) is 14.4. The molecule has 0 amide bonds. The third kappa shape index (κ3) is 1.36. The van der Waals surface area contributed by atoms with E-state index in [1.54, 1.807) is 0 Å². The van der Waals surface area contributed by atoms with Crippen molar-refractivity contribution in [2.24, 2.45) is 0 Å². The molecule has 0 bridgehead atoms. The number of hydrogen-bond donors (Lipinski definition) is 1. The van der Waals surface area contributed by atoms with Crippen LogP contribution in [-0.2, 0) is 0 Å². The second kappa shape index (κ2) is 3.26. The molecule has 0 saturated heterocycles. The van der Waals surface area contributed by atoms with Crippen LogP contribution in [-0.4, -0.2) is 25.9 Å². The highest BCUT2D eigenvalue weighted by Crippen LogP contribution is 2.38. The van der Waals surface area contributed by atoms with Gasteiger partial charge < -0.3 is 0 Å². The molecule has 2 rings (SSSR count). The minimum Gasteiger partial charge on any atom is -0.238 e. The number of thioether (sulfide) groups is 1. The monoisotopic (exact) mass is 182 g/mol. The zero-order chi connectivity index (χ0) is 8.39. The van der Waals surface area contributed by atoms with Crippen LogP contribution >= 0.6 is 11.8 Å². The summed E-state index contributed by atoms with van der Waals surface area (Å²) >= 11 is 1.86. The number of nitrogens with one attached hydrogen (secondary N) is 1. The summed E-state index contributed by atoms with van der Waals surface area (Å²) in [5.74, 6) is 0.802. The number of allylic oxidation sites excluding steroid dienone is 1. The first-order valence-electron chi connectivity index (χ1n) is 4.01. The predicted molar refractivity (Wildman–Crippen MR) is 48.4 cm³/mol. The number of aromatic nitrogens is 4. The lowest BCUT2D eigenvalue weighted by atomic mass is 10.2. The van der Waals surface area contributed by atoms with Crippen molar-refractivity contribution in [1.82, 2.24) is 20.6 Å². The second-order valence-corrected chi connectivity index (χ2v) is 4.04. The molecule has 0 fully saturated rings. The molecule has 5 heteroatoms. The van der Waals surface area contributed by atoms with E-state index in [4.69, 9.17) is 0 Å². The number of rotatable bonds is 2. The van der Waals surface area contributed by atoms with Crippen LogP contribution in [0.3, 0.4) is 0 Å². The third-order valence-corrected chi connectivity index (χ3v) is 3.37. The van der Waals surface area contributed by atoms with Gasteiger partial charge in [-0.1, -0.05) is 13.0 Å². The van der Waals surface area contributed by atoms with Crippen molar-refractivity contribution < 1.29 is 0 Å². The third-order valence-electron chi connectivity index (χ3n) is 1.89. The number of aromatic amines is 1. The zero-order valence-corrected chi connectivity index (χ0v) is 7.64. The Hall–Kier alpha value is -0.840. The molecule has 12 heavy (non-hydrogen) atoms. The van der Waals surface area contributed by atoms with E-state index in [1.807, 2.05) is 11.8 Å². The molecule has 1 aliphatic rings. The van der Waals surface area contributed by atoms with Crippen molar-refractivity contribution in [3.63, 3.8) is 0 Å². The lowest BCUT2D eigenvalue weighted by molar-refractivity contribution is 0.849. The largest absolute Gasteiger partial charge is 0.238 e. The first kappa shape index (κ1) is 7.79. The molecule has 1 aromatic rings. The molecule has 1 atom stereocenters. The van der Waals surface area contributed by atoms with E-state index in [0.29, 0.717) is 5.25 Å². The highest BCUT2D eigenvalue weighted by molar-refractivity contribution is 8.09. The van der Waals surface area contributed by atoms with Crippen LogP contribution < -0.4 is 0 Å². The average molecular weight is 182 g/mol. The summed E-state index contributed by atoms with van der Waals surface area (Å²) in [6.45, 7) is 2.20. The molecule has 1 aromatic heterocycles. The summed E-state index contributed by atoms with van der Waals surface area (Å²) in [7, 11) is 0. The Bertz CT molecular complexity index is 280. The Morgan fingerprint density at radius 1 is 1.75 bits per heavy atom. The SMILES string of the molecule is CCC1CC=C(c2nnn[nH]2)S1. The molecule has 0 radical (unpaired) electrons. The second-order valence-electron chi connectivity index (χ2n) is 2.70.